The van der Waals surface area contributed by atoms with Crippen LogP contribution in [-0.4, -0.2) is 20.3 Å². The van der Waals surface area contributed by atoms with Gasteiger partial charge in [-0.25, -0.2) is 4.79 Å². The number of urea groups is 1. The van der Waals surface area contributed by atoms with E-state index in [4.69, 9.17) is 9.47 Å². The second-order valence-electron chi connectivity index (χ2n) is 4.54. The second kappa shape index (κ2) is 7.88. The summed E-state index contributed by atoms with van der Waals surface area (Å²) in [7, 11) is 3.13. The molecular formula is C16H17IN2O3. The summed E-state index contributed by atoms with van der Waals surface area (Å²) in [6.45, 7) is 0.462. The third-order valence-corrected chi connectivity index (χ3v) is 3.62. The van der Waals surface area contributed by atoms with Gasteiger partial charge in [0.25, 0.3) is 0 Å². The molecular weight excluding hydrogens is 395 g/mol. The number of ether oxygens (including phenoxy) is 2. The molecule has 22 heavy (non-hydrogen) atoms. The SMILES string of the molecule is COc1cc(NC(=O)NCc2cccc(I)c2)cc(OC)c1. The summed E-state index contributed by atoms with van der Waals surface area (Å²) < 4.78 is 11.5. The fourth-order valence-corrected chi connectivity index (χ4v) is 2.49. The van der Waals surface area contributed by atoms with Crippen LogP contribution in [0.4, 0.5) is 10.5 Å². The van der Waals surface area contributed by atoms with Crippen molar-refractivity contribution in [3.05, 3.63) is 51.6 Å². The average Bonchev–Trinajstić information content (AvgIpc) is 2.52. The zero-order chi connectivity index (χ0) is 15.9. The Labute approximate surface area is 143 Å². The molecule has 0 aliphatic carbocycles. The van der Waals surface area contributed by atoms with Gasteiger partial charge in [0.1, 0.15) is 11.5 Å². The second-order valence-corrected chi connectivity index (χ2v) is 5.78. The van der Waals surface area contributed by atoms with Crippen LogP contribution in [0.25, 0.3) is 0 Å². The Bertz CT molecular complexity index is 639. The molecule has 0 heterocycles. The van der Waals surface area contributed by atoms with Crippen molar-refractivity contribution in [1.29, 1.82) is 0 Å². The van der Waals surface area contributed by atoms with Gasteiger partial charge >= 0.3 is 6.03 Å². The molecule has 0 saturated carbocycles. The number of halogens is 1. The van der Waals surface area contributed by atoms with Gasteiger partial charge in [-0.3, -0.25) is 0 Å². The van der Waals surface area contributed by atoms with Gasteiger partial charge in [-0.2, -0.15) is 0 Å². The van der Waals surface area contributed by atoms with Crippen molar-refractivity contribution >= 4 is 34.3 Å². The van der Waals surface area contributed by atoms with Gasteiger partial charge < -0.3 is 20.1 Å². The Morgan fingerprint density at radius 2 is 1.77 bits per heavy atom. The third kappa shape index (κ3) is 4.80. The maximum absolute atomic E-state index is 12.0. The molecule has 0 fully saturated rings. The van der Waals surface area contributed by atoms with Gasteiger partial charge in [-0.1, -0.05) is 12.1 Å². The van der Waals surface area contributed by atoms with Crippen LogP contribution in [0.1, 0.15) is 5.56 Å². The van der Waals surface area contributed by atoms with E-state index >= 15 is 0 Å². The Morgan fingerprint density at radius 3 is 2.36 bits per heavy atom. The number of nitrogens with one attached hydrogen (secondary N) is 2. The summed E-state index contributed by atoms with van der Waals surface area (Å²) in [4.78, 5) is 12.0. The lowest BCUT2D eigenvalue weighted by Crippen LogP contribution is -2.28. The van der Waals surface area contributed by atoms with Crippen molar-refractivity contribution in [3.63, 3.8) is 0 Å². The van der Waals surface area contributed by atoms with Crippen molar-refractivity contribution in [1.82, 2.24) is 5.32 Å². The van der Waals surface area contributed by atoms with E-state index in [0.29, 0.717) is 23.7 Å². The lowest BCUT2D eigenvalue weighted by atomic mass is 10.2. The Balaban J connectivity index is 1.97. The van der Waals surface area contributed by atoms with Crippen LogP contribution in [0.3, 0.4) is 0 Å². The first-order valence-electron chi connectivity index (χ1n) is 6.63. The van der Waals surface area contributed by atoms with Crippen LogP contribution >= 0.6 is 22.6 Å². The van der Waals surface area contributed by atoms with Crippen LogP contribution in [0.15, 0.2) is 42.5 Å². The lowest BCUT2D eigenvalue weighted by molar-refractivity contribution is 0.251. The van der Waals surface area contributed by atoms with Crippen molar-refractivity contribution in [2.75, 3.05) is 19.5 Å². The fourth-order valence-electron chi connectivity index (χ4n) is 1.88. The number of hydrogen-bond acceptors (Lipinski definition) is 3. The number of hydrogen-bond donors (Lipinski definition) is 2. The van der Waals surface area contributed by atoms with Crippen LogP contribution in [0.2, 0.25) is 0 Å². The first-order valence-corrected chi connectivity index (χ1v) is 7.71. The summed E-state index contributed by atoms with van der Waals surface area (Å²) in [5.41, 5.74) is 1.65. The maximum atomic E-state index is 12.0. The number of methoxy groups -OCH3 is 2. The number of carbonyl (C=O) groups excluding carboxylic acids is 1. The summed E-state index contributed by atoms with van der Waals surface area (Å²) in [6, 6.07) is 12.9. The highest BCUT2D eigenvalue weighted by atomic mass is 127. The molecule has 0 atom stereocenters. The minimum Gasteiger partial charge on any atom is -0.497 e. The van der Waals surface area contributed by atoms with Gasteiger partial charge in [0.2, 0.25) is 0 Å². The number of anilines is 1. The molecule has 0 radical (unpaired) electrons. The topological polar surface area (TPSA) is 59.6 Å². The number of rotatable bonds is 5. The van der Waals surface area contributed by atoms with Gasteiger partial charge in [-0.15, -0.1) is 0 Å². The molecule has 0 spiro atoms. The van der Waals surface area contributed by atoms with Crippen molar-refractivity contribution < 1.29 is 14.3 Å². The Morgan fingerprint density at radius 1 is 1.09 bits per heavy atom. The molecule has 0 bridgehead atoms. The molecule has 2 rings (SSSR count). The Kier molecular flexibility index (Phi) is 5.88. The monoisotopic (exact) mass is 412 g/mol. The largest absolute Gasteiger partial charge is 0.497 e. The van der Waals surface area contributed by atoms with Gasteiger partial charge in [0.05, 0.1) is 14.2 Å². The minimum absolute atomic E-state index is 0.283. The number of amides is 2. The van der Waals surface area contributed by atoms with Gasteiger partial charge in [-0.05, 0) is 40.3 Å². The van der Waals surface area contributed by atoms with E-state index in [2.05, 4.69) is 33.2 Å². The van der Waals surface area contributed by atoms with Crippen LogP contribution in [0, 0.1) is 3.57 Å². The van der Waals surface area contributed by atoms with E-state index in [9.17, 15) is 4.79 Å². The van der Waals surface area contributed by atoms with Crippen LogP contribution in [0.5, 0.6) is 11.5 Å². The quantitative estimate of drug-likeness (QED) is 0.738. The molecule has 2 aromatic carbocycles. The fraction of sp³-hybridized carbons (Fsp3) is 0.188. The zero-order valence-corrected chi connectivity index (χ0v) is 14.5. The maximum Gasteiger partial charge on any atom is 0.319 e. The van der Waals surface area contributed by atoms with E-state index in [0.717, 1.165) is 9.13 Å². The predicted octanol–water partition coefficient (Wildman–Crippen LogP) is 3.63. The van der Waals surface area contributed by atoms with E-state index in [1.165, 1.54) is 0 Å². The molecule has 0 aromatic heterocycles. The van der Waals surface area contributed by atoms with Crippen molar-refractivity contribution in [2.45, 2.75) is 6.54 Å². The standard InChI is InChI=1S/C16H17IN2O3/c1-21-14-7-13(8-15(9-14)22-2)19-16(20)18-10-11-4-3-5-12(17)6-11/h3-9H,10H2,1-2H3,(H2,18,19,20). The van der Waals surface area contributed by atoms with Gasteiger partial charge in [0.15, 0.2) is 0 Å². The van der Waals surface area contributed by atoms with E-state index in [1.54, 1.807) is 32.4 Å². The Hall–Kier alpha value is -1.96. The zero-order valence-electron chi connectivity index (χ0n) is 12.4. The number of carbonyl (C=O) groups is 1. The molecule has 0 aliphatic rings. The van der Waals surface area contributed by atoms with E-state index in [1.807, 2.05) is 24.3 Å². The summed E-state index contributed by atoms with van der Waals surface area (Å²) >= 11 is 2.24. The summed E-state index contributed by atoms with van der Waals surface area (Å²) in [6.07, 6.45) is 0. The minimum atomic E-state index is -0.283. The molecule has 6 heteroatoms. The molecule has 0 saturated heterocycles. The molecule has 5 nitrogen and oxygen atoms in total. The smallest absolute Gasteiger partial charge is 0.319 e. The highest BCUT2D eigenvalue weighted by Crippen LogP contribution is 2.25. The lowest BCUT2D eigenvalue weighted by Gasteiger charge is -2.11. The molecule has 0 aliphatic heterocycles. The summed E-state index contributed by atoms with van der Waals surface area (Å²) in [5.74, 6) is 1.24. The number of benzene rings is 2. The van der Waals surface area contributed by atoms with Gasteiger partial charge in [0, 0.05) is 34.0 Å². The molecule has 2 amide bonds. The normalized spacial score (nSPS) is 9.95. The molecule has 2 N–H and O–H groups in total. The first-order chi connectivity index (χ1) is 10.6. The average molecular weight is 412 g/mol. The van der Waals surface area contributed by atoms with Crippen LogP contribution < -0.4 is 20.1 Å². The van der Waals surface area contributed by atoms with Crippen molar-refractivity contribution in [3.8, 4) is 11.5 Å². The van der Waals surface area contributed by atoms with Crippen LogP contribution in [-0.2, 0) is 6.54 Å². The molecule has 116 valence electrons. The third-order valence-electron chi connectivity index (χ3n) is 2.95. The molecule has 0 unspecified atom stereocenters. The summed E-state index contributed by atoms with van der Waals surface area (Å²) in [5, 5.41) is 5.58. The predicted molar refractivity (Wildman–Crippen MR) is 94.6 cm³/mol. The highest BCUT2D eigenvalue weighted by Gasteiger charge is 2.06. The first kappa shape index (κ1) is 16.4. The highest BCUT2D eigenvalue weighted by molar-refractivity contribution is 14.1. The molecule has 2 aromatic rings. The van der Waals surface area contributed by atoms with E-state index < -0.39 is 0 Å². The van der Waals surface area contributed by atoms with E-state index in [-0.39, 0.29) is 6.03 Å². The van der Waals surface area contributed by atoms with Crippen molar-refractivity contribution in [2.24, 2.45) is 0 Å².